The first-order chi connectivity index (χ1) is 12.3. The third kappa shape index (κ3) is 3.39. The minimum Gasteiger partial charge on any atom is -0.493 e. The van der Waals surface area contributed by atoms with Crippen molar-refractivity contribution in [3.63, 3.8) is 0 Å². The topological polar surface area (TPSA) is 38.3 Å². The highest BCUT2D eigenvalue weighted by Crippen LogP contribution is 2.45. The molecule has 0 spiro atoms. The van der Waals surface area contributed by atoms with E-state index in [2.05, 4.69) is 41.7 Å². The van der Waals surface area contributed by atoms with Crippen LogP contribution in [-0.2, 0) is 6.42 Å². The van der Waals surface area contributed by atoms with Crippen LogP contribution in [0.5, 0.6) is 5.75 Å². The number of aldehydes is 1. The molecule has 0 aliphatic carbocycles. The predicted molar refractivity (Wildman–Crippen MR) is 101 cm³/mol. The van der Waals surface area contributed by atoms with Crippen molar-refractivity contribution < 1.29 is 9.53 Å². The lowest BCUT2D eigenvalue weighted by molar-refractivity contribution is 0.112. The molecule has 0 saturated carbocycles. The molecule has 0 unspecified atom stereocenters. The van der Waals surface area contributed by atoms with Gasteiger partial charge in [0.1, 0.15) is 12.0 Å². The summed E-state index contributed by atoms with van der Waals surface area (Å²) in [5.74, 6) is 0.781. The standard InChI is InChI=1S/C21H17NO2S/c23-14-15-8-10-17(11-9-15)24-13-12-16-4-3-7-20-21(16)22-18-5-1-2-6-19(18)25-20/h1-11,14,22H,12-13H2. The summed E-state index contributed by atoms with van der Waals surface area (Å²) in [7, 11) is 0. The van der Waals surface area contributed by atoms with E-state index in [-0.39, 0.29) is 0 Å². The van der Waals surface area contributed by atoms with Crippen molar-refractivity contribution in [3.8, 4) is 5.75 Å². The van der Waals surface area contributed by atoms with Crippen molar-refractivity contribution >= 4 is 29.4 Å². The van der Waals surface area contributed by atoms with Crippen LogP contribution in [0.4, 0.5) is 11.4 Å². The van der Waals surface area contributed by atoms with Crippen LogP contribution in [0.2, 0.25) is 0 Å². The molecule has 0 saturated heterocycles. The van der Waals surface area contributed by atoms with Gasteiger partial charge < -0.3 is 10.1 Å². The van der Waals surface area contributed by atoms with Crippen molar-refractivity contribution in [2.24, 2.45) is 0 Å². The van der Waals surface area contributed by atoms with Gasteiger partial charge in [0.05, 0.1) is 18.0 Å². The number of hydrogen-bond acceptors (Lipinski definition) is 4. The van der Waals surface area contributed by atoms with Crippen LogP contribution in [0, 0.1) is 0 Å². The zero-order valence-corrected chi connectivity index (χ0v) is 14.4. The number of anilines is 2. The Bertz CT molecular complexity index is 906. The molecule has 3 aromatic carbocycles. The lowest BCUT2D eigenvalue weighted by atomic mass is 10.1. The molecule has 1 heterocycles. The van der Waals surface area contributed by atoms with Gasteiger partial charge in [-0.1, -0.05) is 36.0 Å². The van der Waals surface area contributed by atoms with E-state index in [9.17, 15) is 4.79 Å². The van der Waals surface area contributed by atoms with Crippen molar-refractivity contribution in [2.75, 3.05) is 11.9 Å². The molecule has 0 amide bonds. The number of hydrogen-bond donors (Lipinski definition) is 1. The molecule has 3 aromatic rings. The average molecular weight is 347 g/mol. The van der Waals surface area contributed by atoms with Gasteiger partial charge in [-0.3, -0.25) is 4.79 Å². The Kier molecular flexibility index (Phi) is 4.44. The van der Waals surface area contributed by atoms with Crippen LogP contribution < -0.4 is 10.1 Å². The summed E-state index contributed by atoms with van der Waals surface area (Å²) < 4.78 is 5.82. The highest BCUT2D eigenvalue weighted by atomic mass is 32.2. The van der Waals surface area contributed by atoms with E-state index in [4.69, 9.17) is 4.74 Å². The summed E-state index contributed by atoms with van der Waals surface area (Å²) in [6.45, 7) is 0.588. The van der Waals surface area contributed by atoms with Crippen molar-refractivity contribution in [1.82, 2.24) is 0 Å². The van der Waals surface area contributed by atoms with E-state index in [0.29, 0.717) is 12.2 Å². The molecule has 124 valence electrons. The third-order valence-electron chi connectivity index (χ3n) is 4.14. The molecular weight excluding hydrogens is 330 g/mol. The molecule has 0 aromatic heterocycles. The molecule has 25 heavy (non-hydrogen) atoms. The highest BCUT2D eigenvalue weighted by Gasteiger charge is 2.17. The first kappa shape index (κ1) is 15.8. The fourth-order valence-electron chi connectivity index (χ4n) is 2.85. The van der Waals surface area contributed by atoms with Gasteiger partial charge in [-0.15, -0.1) is 0 Å². The van der Waals surface area contributed by atoms with Crippen LogP contribution in [-0.4, -0.2) is 12.9 Å². The molecule has 0 fully saturated rings. The predicted octanol–water partition coefficient (Wildman–Crippen LogP) is 5.33. The fourth-order valence-corrected chi connectivity index (χ4v) is 3.89. The maximum absolute atomic E-state index is 10.7. The summed E-state index contributed by atoms with van der Waals surface area (Å²) in [6, 6.07) is 21.9. The first-order valence-electron chi connectivity index (χ1n) is 8.17. The number of fused-ring (bicyclic) bond motifs is 2. The van der Waals surface area contributed by atoms with Crippen LogP contribution in [0.3, 0.4) is 0 Å². The quantitative estimate of drug-likeness (QED) is 0.495. The maximum Gasteiger partial charge on any atom is 0.150 e. The number of rotatable bonds is 5. The first-order valence-corrected chi connectivity index (χ1v) is 8.99. The monoisotopic (exact) mass is 347 g/mol. The van der Waals surface area contributed by atoms with Crippen LogP contribution >= 0.6 is 11.8 Å². The smallest absolute Gasteiger partial charge is 0.150 e. The van der Waals surface area contributed by atoms with Crippen molar-refractivity contribution in [1.29, 1.82) is 0 Å². The third-order valence-corrected chi connectivity index (χ3v) is 5.27. The molecule has 3 nitrogen and oxygen atoms in total. The van der Waals surface area contributed by atoms with E-state index in [0.717, 1.165) is 24.1 Å². The number of ether oxygens (including phenoxy) is 1. The Labute approximate surface area is 151 Å². The summed E-state index contributed by atoms with van der Waals surface area (Å²) >= 11 is 1.79. The van der Waals surface area contributed by atoms with Gasteiger partial charge in [-0.2, -0.15) is 0 Å². The van der Waals surface area contributed by atoms with Gasteiger partial charge in [-0.05, 0) is 48.0 Å². The summed E-state index contributed by atoms with van der Waals surface area (Å²) in [6.07, 6.45) is 1.65. The normalized spacial score (nSPS) is 11.8. The van der Waals surface area contributed by atoms with Gasteiger partial charge in [0.2, 0.25) is 0 Å². The maximum atomic E-state index is 10.7. The second-order valence-corrected chi connectivity index (χ2v) is 6.88. The molecule has 1 aliphatic heterocycles. The van der Waals surface area contributed by atoms with Crippen LogP contribution in [0.1, 0.15) is 15.9 Å². The van der Waals surface area contributed by atoms with E-state index in [1.165, 1.54) is 21.0 Å². The Morgan fingerprint density at radius 2 is 1.72 bits per heavy atom. The van der Waals surface area contributed by atoms with Crippen LogP contribution in [0.25, 0.3) is 0 Å². The Hall–Kier alpha value is -2.72. The minimum atomic E-state index is 0.588. The van der Waals surface area contributed by atoms with E-state index >= 15 is 0 Å². The largest absolute Gasteiger partial charge is 0.493 e. The van der Waals surface area contributed by atoms with Gasteiger partial charge in [0.25, 0.3) is 0 Å². The highest BCUT2D eigenvalue weighted by molar-refractivity contribution is 7.99. The molecule has 0 radical (unpaired) electrons. The Morgan fingerprint density at radius 3 is 2.56 bits per heavy atom. The van der Waals surface area contributed by atoms with Gasteiger partial charge >= 0.3 is 0 Å². The van der Waals surface area contributed by atoms with Gasteiger partial charge in [0, 0.05) is 21.8 Å². The lowest BCUT2D eigenvalue weighted by Crippen LogP contribution is -2.07. The summed E-state index contributed by atoms with van der Waals surface area (Å²) in [4.78, 5) is 13.2. The van der Waals surface area contributed by atoms with E-state index < -0.39 is 0 Å². The van der Waals surface area contributed by atoms with Crippen molar-refractivity contribution in [2.45, 2.75) is 16.2 Å². The van der Waals surface area contributed by atoms with Crippen LogP contribution in [0.15, 0.2) is 76.5 Å². The van der Waals surface area contributed by atoms with Gasteiger partial charge in [0.15, 0.2) is 0 Å². The minimum absolute atomic E-state index is 0.588. The second kappa shape index (κ2) is 7.03. The van der Waals surface area contributed by atoms with E-state index in [1.54, 1.807) is 23.9 Å². The molecule has 1 N–H and O–H groups in total. The van der Waals surface area contributed by atoms with Crippen molar-refractivity contribution in [3.05, 3.63) is 77.9 Å². The second-order valence-electron chi connectivity index (χ2n) is 5.80. The fraction of sp³-hybridized carbons (Fsp3) is 0.0952. The molecule has 0 bridgehead atoms. The lowest BCUT2D eigenvalue weighted by Gasteiger charge is -2.23. The molecule has 4 heteroatoms. The molecule has 4 rings (SSSR count). The number of para-hydroxylation sites is 2. The average Bonchev–Trinajstić information content (AvgIpc) is 2.67. The summed E-state index contributed by atoms with van der Waals surface area (Å²) in [5, 5.41) is 3.56. The number of carbonyl (C=O) groups is 1. The van der Waals surface area contributed by atoms with Gasteiger partial charge in [-0.25, -0.2) is 0 Å². The number of nitrogens with one attached hydrogen (secondary N) is 1. The Morgan fingerprint density at radius 1 is 0.920 bits per heavy atom. The number of benzene rings is 3. The zero-order chi connectivity index (χ0) is 17.1. The van der Waals surface area contributed by atoms with E-state index in [1.807, 2.05) is 18.2 Å². The Balaban J connectivity index is 1.46. The molecule has 0 atom stereocenters. The summed E-state index contributed by atoms with van der Waals surface area (Å²) in [5.41, 5.74) is 4.22. The number of carbonyl (C=O) groups excluding carboxylic acids is 1. The zero-order valence-electron chi connectivity index (χ0n) is 13.6. The SMILES string of the molecule is O=Cc1ccc(OCCc2cccc3c2Nc2ccccc2S3)cc1. The molecular formula is C21H17NO2S. The molecule has 1 aliphatic rings.